The molecule has 0 aliphatic carbocycles. The van der Waals surface area contributed by atoms with Crippen molar-refractivity contribution in [1.82, 2.24) is 14.9 Å². The Morgan fingerprint density at radius 2 is 2.38 bits per heavy atom. The zero-order valence-electron chi connectivity index (χ0n) is 12.3. The van der Waals surface area contributed by atoms with Gasteiger partial charge in [-0.15, -0.1) is 0 Å². The molecule has 1 aromatic rings. The van der Waals surface area contributed by atoms with Crippen molar-refractivity contribution in [3.05, 3.63) is 24.5 Å². The van der Waals surface area contributed by atoms with Crippen molar-refractivity contribution in [3.8, 4) is 0 Å². The highest BCUT2D eigenvalue weighted by Crippen LogP contribution is 2.27. The van der Waals surface area contributed by atoms with Crippen LogP contribution in [-0.2, 0) is 11.2 Å². The number of piperidine rings is 1. The summed E-state index contributed by atoms with van der Waals surface area (Å²) in [5.74, 6) is 1.83. The van der Waals surface area contributed by atoms with Crippen LogP contribution in [0.2, 0.25) is 0 Å². The highest BCUT2D eigenvalue weighted by atomic mass is 16.2. The van der Waals surface area contributed by atoms with Gasteiger partial charge in [0.15, 0.2) is 0 Å². The van der Waals surface area contributed by atoms with E-state index in [1.165, 1.54) is 6.08 Å². The second-order valence-corrected chi connectivity index (χ2v) is 5.69. The van der Waals surface area contributed by atoms with Crippen LogP contribution in [0, 0.1) is 0 Å². The second kappa shape index (κ2) is 5.71. The predicted octanol–water partition coefficient (Wildman–Crippen LogP) is 1.42. The predicted molar refractivity (Wildman–Crippen MR) is 82.2 cm³/mol. The third-order valence-corrected chi connectivity index (χ3v) is 4.29. The van der Waals surface area contributed by atoms with E-state index in [2.05, 4.69) is 34.1 Å². The Labute approximate surface area is 124 Å². The number of nitrogens with zero attached hydrogens (tertiary/aromatic N) is 3. The van der Waals surface area contributed by atoms with Crippen molar-refractivity contribution in [3.63, 3.8) is 0 Å². The van der Waals surface area contributed by atoms with E-state index in [0.717, 1.165) is 43.0 Å². The average molecular weight is 287 g/mol. The first-order chi connectivity index (χ1) is 10.2. The first kappa shape index (κ1) is 13.9. The molecule has 0 radical (unpaired) electrons. The quantitative estimate of drug-likeness (QED) is 0.823. The fourth-order valence-electron chi connectivity index (χ4n) is 3.07. The van der Waals surface area contributed by atoms with Crippen molar-refractivity contribution in [2.75, 3.05) is 23.7 Å². The lowest BCUT2D eigenvalue weighted by molar-refractivity contribution is -0.129. The Morgan fingerprint density at radius 3 is 3.19 bits per heavy atom. The van der Waals surface area contributed by atoms with Gasteiger partial charge in [0.2, 0.25) is 5.91 Å². The third kappa shape index (κ3) is 2.70. The number of likely N-dealkylation sites (tertiary alicyclic amines) is 1. The first-order valence-corrected chi connectivity index (χ1v) is 7.46. The Kier molecular flexibility index (Phi) is 3.77. The summed E-state index contributed by atoms with van der Waals surface area (Å²) in [6.45, 7) is 7.27. The molecule has 0 saturated carbocycles. The van der Waals surface area contributed by atoms with Crippen molar-refractivity contribution >= 4 is 17.5 Å². The van der Waals surface area contributed by atoms with E-state index in [0.29, 0.717) is 6.54 Å². The van der Waals surface area contributed by atoms with E-state index in [1.54, 1.807) is 6.33 Å². The van der Waals surface area contributed by atoms with Crippen molar-refractivity contribution in [2.24, 2.45) is 0 Å². The van der Waals surface area contributed by atoms with E-state index in [4.69, 9.17) is 0 Å². The maximum Gasteiger partial charge on any atom is 0.246 e. The van der Waals surface area contributed by atoms with Crippen molar-refractivity contribution in [2.45, 2.75) is 38.3 Å². The number of rotatable bonds is 3. The van der Waals surface area contributed by atoms with Gasteiger partial charge in [0.1, 0.15) is 18.0 Å². The highest BCUT2D eigenvalue weighted by molar-refractivity contribution is 5.87. The van der Waals surface area contributed by atoms with E-state index in [-0.39, 0.29) is 18.0 Å². The smallest absolute Gasteiger partial charge is 0.246 e. The van der Waals surface area contributed by atoms with E-state index >= 15 is 0 Å². The number of amides is 1. The van der Waals surface area contributed by atoms with Crippen LogP contribution in [0.3, 0.4) is 0 Å². The minimum atomic E-state index is 0.00332. The molecule has 2 aliphatic heterocycles. The van der Waals surface area contributed by atoms with Crippen LogP contribution in [0.5, 0.6) is 0 Å². The first-order valence-electron chi connectivity index (χ1n) is 7.46. The number of fused-ring (bicyclic) bond motifs is 1. The maximum atomic E-state index is 11.9. The van der Waals surface area contributed by atoms with E-state index < -0.39 is 0 Å². The van der Waals surface area contributed by atoms with Crippen LogP contribution in [0.15, 0.2) is 19.0 Å². The van der Waals surface area contributed by atoms with Crippen LogP contribution in [0.4, 0.5) is 11.6 Å². The Balaban J connectivity index is 1.72. The molecular weight excluding hydrogens is 266 g/mol. The SMILES string of the molecule is C=CC(=O)N1C[C@H](Nc2ncnc3c2CCN3)CC[C@@H]1C. The fraction of sp³-hybridized carbons (Fsp3) is 0.533. The molecule has 2 N–H and O–H groups in total. The zero-order valence-corrected chi connectivity index (χ0v) is 12.3. The van der Waals surface area contributed by atoms with Gasteiger partial charge in [-0.1, -0.05) is 6.58 Å². The number of nitrogens with one attached hydrogen (secondary N) is 2. The normalized spacial score (nSPS) is 24.1. The van der Waals surface area contributed by atoms with Crippen LogP contribution < -0.4 is 10.6 Å². The summed E-state index contributed by atoms with van der Waals surface area (Å²) in [4.78, 5) is 22.4. The molecule has 2 aliphatic rings. The van der Waals surface area contributed by atoms with Crippen LogP contribution in [-0.4, -0.2) is 45.9 Å². The molecule has 112 valence electrons. The van der Waals surface area contributed by atoms with Gasteiger partial charge in [0, 0.05) is 30.7 Å². The van der Waals surface area contributed by atoms with Crippen LogP contribution in [0.25, 0.3) is 0 Å². The molecular formula is C15H21N5O. The van der Waals surface area contributed by atoms with Gasteiger partial charge >= 0.3 is 0 Å². The van der Waals surface area contributed by atoms with Gasteiger partial charge in [0.05, 0.1) is 0 Å². The third-order valence-electron chi connectivity index (χ3n) is 4.29. The van der Waals surface area contributed by atoms with Crippen LogP contribution >= 0.6 is 0 Å². The lowest BCUT2D eigenvalue weighted by Crippen LogP contribution is -2.49. The van der Waals surface area contributed by atoms with Crippen LogP contribution in [0.1, 0.15) is 25.3 Å². The van der Waals surface area contributed by atoms with Gasteiger partial charge in [-0.25, -0.2) is 9.97 Å². The summed E-state index contributed by atoms with van der Waals surface area (Å²) >= 11 is 0. The molecule has 1 aromatic heterocycles. The number of carbonyl (C=O) groups excluding carboxylic acids is 1. The molecule has 2 atom stereocenters. The largest absolute Gasteiger partial charge is 0.369 e. The molecule has 0 unspecified atom stereocenters. The van der Waals surface area contributed by atoms with Gasteiger partial charge in [-0.2, -0.15) is 0 Å². The van der Waals surface area contributed by atoms with Gasteiger partial charge < -0.3 is 15.5 Å². The zero-order chi connectivity index (χ0) is 14.8. The Hall–Kier alpha value is -2.11. The van der Waals surface area contributed by atoms with Crippen molar-refractivity contribution in [1.29, 1.82) is 0 Å². The number of hydrogen-bond donors (Lipinski definition) is 2. The summed E-state index contributed by atoms with van der Waals surface area (Å²) in [6.07, 6.45) is 5.94. The number of carbonyl (C=O) groups is 1. The topological polar surface area (TPSA) is 70.2 Å². The average Bonchev–Trinajstić information content (AvgIpc) is 2.98. The molecule has 1 saturated heterocycles. The molecule has 3 rings (SSSR count). The van der Waals surface area contributed by atoms with Gasteiger partial charge in [-0.3, -0.25) is 4.79 Å². The summed E-state index contributed by atoms with van der Waals surface area (Å²) < 4.78 is 0. The molecule has 0 spiro atoms. The highest BCUT2D eigenvalue weighted by Gasteiger charge is 2.28. The summed E-state index contributed by atoms with van der Waals surface area (Å²) in [5.41, 5.74) is 1.15. The molecule has 0 bridgehead atoms. The van der Waals surface area contributed by atoms with Crippen molar-refractivity contribution < 1.29 is 4.79 Å². The molecule has 6 heteroatoms. The van der Waals surface area contributed by atoms with Gasteiger partial charge in [0.25, 0.3) is 0 Å². The molecule has 3 heterocycles. The standard InChI is InChI=1S/C15H21N5O/c1-3-13(21)20-8-11(5-4-10(20)2)19-15-12-6-7-16-14(12)17-9-18-15/h3,9-11H,1,4-8H2,2H3,(H2,16,17,18,19)/t10-,11+/m0/s1. The lowest BCUT2D eigenvalue weighted by atomic mass is 9.99. The molecule has 1 fully saturated rings. The molecule has 21 heavy (non-hydrogen) atoms. The molecule has 6 nitrogen and oxygen atoms in total. The lowest BCUT2D eigenvalue weighted by Gasteiger charge is -2.38. The fourth-order valence-corrected chi connectivity index (χ4v) is 3.07. The molecule has 1 amide bonds. The Morgan fingerprint density at radius 1 is 1.52 bits per heavy atom. The Bertz CT molecular complexity index is 559. The molecule has 0 aromatic carbocycles. The van der Waals surface area contributed by atoms with Gasteiger partial charge in [-0.05, 0) is 32.3 Å². The summed E-state index contributed by atoms with van der Waals surface area (Å²) in [5, 5.41) is 6.74. The second-order valence-electron chi connectivity index (χ2n) is 5.69. The maximum absolute atomic E-state index is 11.9. The monoisotopic (exact) mass is 287 g/mol. The van der Waals surface area contributed by atoms with E-state index in [1.807, 2.05) is 4.90 Å². The minimum Gasteiger partial charge on any atom is -0.369 e. The number of hydrogen-bond acceptors (Lipinski definition) is 5. The van der Waals surface area contributed by atoms with E-state index in [9.17, 15) is 4.79 Å². The summed E-state index contributed by atoms with van der Waals surface area (Å²) in [7, 11) is 0. The summed E-state index contributed by atoms with van der Waals surface area (Å²) in [6, 6.07) is 0.496. The minimum absolute atomic E-state index is 0.00332. The number of aromatic nitrogens is 2. The number of anilines is 2.